The van der Waals surface area contributed by atoms with Crippen LogP contribution in [0.2, 0.25) is 0 Å². The van der Waals surface area contributed by atoms with Gasteiger partial charge in [-0.1, -0.05) is 34.6 Å². The molecule has 15 heavy (non-hydrogen) atoms. The van der Waals surface area contributed by atoms with Crippen molar-refractivity contribution >= 4 is 0 Å². The van der Waals surface area contributed by atoms with Crippen LogP contribution >= 0.6 is 0 Å². The van der Waals surface area contributed by atoms with Crippen molar-refractivity contribution in [3.8, 4) is 0 Å². The highest BCUT2D eigenvalue weighted by atomic mass is 16.5. The van der Waals surface area contributed by atoms with E-state index in [9.17, 15) is 0 Å². The molecule has 0 aromatic rings. The number of nitrogens with one attached hydrogen (secondary N) is 1. The highest BCUT2D eigenvalue weighted by Gasteiger charge is 2.24. The molecule has 0 saturated heterocycles. The first-order chi connectivity index (χ1) is 7.02. The van der Waals surface area contributed by atoms with Gasteiger partial charge in [0.2, 0.25) is 0 Å². The van der Waals surface area contributed by atoms with Gasteiger partial charge in [-0.05, 0) is 31.7 Å². The minimum absolute atomic E-state index is 0.345. The number of likely N-dealkylation sites (N-methyl/N-ethyl adjacent to an activating group) is 1. The molecule has 0 amide bonds. The largest absolute Gasteiger partial charge is 0.377 e. The molecule has 0 saturated carbocycles. The highest BCUT2D eigenvalue weighted by Crippen LogP contribution is 2.17. The molecular weight excluding hydrogens is 186 g/mol. The van der Waals surface area contributed by atoms with Gasteiger partial charge in [-0.15, -0.1) is 0 Å². The summed E-state index contributed by atoms with van der Waals surface area (Å²) in [5.74, 6) is 1.29. The predicted octanol–water partition coefficient (Wildman–Crippen LogP) is 3.07. The molecule has 0 fully saturated rings. The van der Waals surface area contributed by atoms with Crippen LogP contribution in [0, 0.1) is 11.8 Å². The Hall–Kier alpha value is -0.0800. The molecule has 0 heterocycles. The van der Waals surface area contributed by atoms with Gasteiger partial charge in [-0.2, -0.15) is 0 Å². The molecule has 92 valence electrons. The summed E-state index contributed by atoms with van der Waals surface area (Å²) in [4.78, 5) is 0. The van der Waals surface area contributed by atoms with Crippen molar-refractivity contribution < 1.29 is 4.74 Å². The summed E-state index contributed by atoms with van der Waals surface area (Å²) in [6.45, 7) is 15.1. The zero-order chi connectivity index (χ0) is 11.8. The third kappa shape index (κ3) is 6.16. The zero-order valence-electron chi connectivity index (χ0n) is 11.3. The summed E-state index contributed by atoms with van der Waals surface area (Å²) in [6, 6.07) is 0.495. The van der Waals surface area contributed by atoms with E-state index < -0.39 is 0 Å². The van der Waals surface area contributed by atoms with Crippen LogP contribution in [0.3, 0.4) is 0 Å². The maximum atomic E-state index is 5.86. The predicted molar refractivity (Wildman–Crippen MR) is 67.2 cm³/mol. The average molecular weight is 215 g/mol. The van der Waals surface area contributed by atoms with E-state index in [-0.39, 0.29) is 0 Å². The molecule has 2 nitrogen and oxygen atoms in total. The lowest BCUT2D eigenvalue weighted by Gasteiger charge is -2.31. The summed E-state index contributed by atoms with van der Waals surface area (Å²) >= 11 is 0. The molecule has 0 aromatic heterocycles. The van der Waals surface area contributed by atoms with Crippen molar-refractivity contribution in [1.29, 1.82) is 0 Å². The summed E-state index contributed by atoms with van der Waals surface area (Å²) in [5, 5.41) is 3.56. The maximum Gasteiger partial charge on any atom is 0.0750 e. The first-order valence-electron chi connectivity index (χ1n) is 6.37. The van der Waals surface area contributed by atoms with Crippen LogP contribution in [-0.4, -0.2) is 25.3 Å². The molecule has 0 aliphatic rings. The monoisotopic (exact) mass is 215 g/mol. The quantitative estimate of drug-likeness (QED) is 0.672. The smallest absolute Gasteiger partial charge is 0.0750 e. The van der Waals surface area contributed by atoms with Crippen LogP contribution in [0.5, 0.6) is 0 Å². The van der Waals surface area contributed by atoms with Crippen LogP contribution < -0.4 is 5.32 Å². The number of hydrogen-bond acceptors (Lipinski definition) is 2. The van der Waals surface area contributed by atoms with E-state index in [4.69, 9.17) is 4.74 Å². The molecule has 0 rings (SSSR count). The Morgan fingerprint density at radius 3 is 2.00 bits per heavy atom. The Balaban J connectivity index is 4.36. The van der Waals surface area contributed by atoms with E-state index in [0.717, 1.165) is 19.1 Å². The van der Waals surface area contributed by atoms with Gasteiger partial charge in [0.05, 0.1) is 6.10 Å². The fourth-order valence-corrected chi connectivity index (χ4v) is 2.07. The second kappa shape index (κ2) is 8.12. The molecule has 0 aliphatic carbocycles. The Labute approximate surface area is 95.8 Å². The lowest BCUT2D eigenvalue weighted by molar-refractivity contribution is -0.000961. The molecule has 2 atom stereocenters. The van der Waals surface area contributed by atoms with Gasteiger partial charge in [0.15, 0.2) is 0 Å². The molecule has 0 aliphatic heterocycles. The SMILES string of the molecule is CCNC(CC(C)C)C(OCC)C(C)C. The van der Waals surface area contributed by atoms with Crippen molar-refractivity contribution in [2.24, 2.45) is 11.8 Å². The van der Waals surface area contributed by atoms with Crippen molar-refractivity contribution in [1.82, 2.24) is 5.32 Å². The second-order valence-electron chi connectivity index (χ2n) is 4.96. The highest BCUT2D eigenvalue weighted by molar-refractivity contribution is 4.80. The minimum atomic E-state index is 0.345. The standard InChI is InChI=1S/C13H29NO/c1-7-14-12(9-10(3)4)13(11(5)6)15-8-2/h10-14H,7-9H2,1-6H3. The van der Waals surface area contributed by atoms with E-state index >= 15 is 0 Å². The molecule has 0 aromatic carbocycles. The van der Waals surface area contributed by atoms with Crippen LogP contribution in [0.4, 0.5) is 0 Å². The number of hydrogen-bond donors (Lipinski definition) is 1. The Kier molecular flexibility index (Phi) is 8.07. The van der Waals surface area contributed by atoms with Gasteiger partial charge in [-0.25, -0.2) is 0 Å². The summed E-state index contributed by atoms with van der Waals surface area (Å²) in [7, 11) is 0. The van der Waals surface area contributed by atoms with Gasteiger partial charge in [-0.3, -0.25) is 0 Å². The minimum Gasteiger partial charge on any atom is -0.377 e. The number of rotatable bonds is 8. The van der Waals surface area contributed by atoms with E-state index in [0.29, 0.717) is 18.1 Å². The third-order valence-electron chi connectivity index (χ3n) is 2.60. The van der Waals surface area contributed by atoms with Gasteiger partial charge < -0.3 is 10.1 Å². The lowest BCUT2D eigenvalue weighted by Crippen LogP contribution is -2.45. The normalized spacial score (nSPS) is 16.0. The van der Waals surface area contributed by atoms with Crippen LogP contribution in [0.25, 0.3) is 0 Å². The van der Waals surface area contributed by atoms with E-state index in [1.54, 1.807) is 0 Å². The van der Waals surface area contributed by atoms with Crippen LogP contribution in [0.1, 0.15) is 48.0 Å². The molecule has 2 heteroatoms. The molecule has 0 bridgehead atoms. The molecule has 0 radical (unpaired) electrons. The molecule has 2 unspecified atom stereocenters. The van der Waals surface area contributed by atoms with E-state index in [1.165, 1.54) is 6.42 Å². The topological polar surface area (TPSA) is 21.3 Å². The van der Waals surface area contributed by atoms with Crippen molar-refractivity contribution in [2.75, 3.05) is 13.2 Å². The molecule has 1 N–H and O–H groups in total. The van der Waals surface area contributed by atoms with E-state index in [2.05, 4.69) is 46.9 Å². The van der Waals surface area contributed by atoms with Crippen molar-refractivity contribution in [3.05, 3.63) is 0 Å². The lowest BCUT2D eigenvalue weighted by atomic mass is 9.92. The van der Waals surface area contributed by atoms with Crippen molar-refractivity contribution in [2.45, 2.75) is 60.1 Å². The van der Waals surface area contributed by atoms with Gasteiger partial charge in [0.25, 0.3) is 0 Å². The molecular formula is C13H29NO. The van der Waals surface area contributed by atoms with Gasteiger partial charge >= 0.3 is 0 Å². The fraction of sp³-hybridized carbons (Fsp3) is 1.00. The zero-order valence-corrected chi connectivity index (χ0v) is 11.3. The summed E-state index contributed by atoms with van der Waals surface area (Å²) in [5.41, 5.74) is 0. The van der Waals surface area contributed by atoms with Crippen molar-refractivity contribution in [3.63, 3.8) is 0 Å². The Bertz CT molecular complexity index is 145. The first-order valence-corrected chi connectivity index (χ1v) is 6.37. The maximum absolute atomic E-state index is 5.86. The van der Waals surface area contributed by atoms with Gasteiger partial charge in [0, 0.05) is 12.6 Å². The van der Waals surface area contributed by atoms with Gasteiger partial charge in [0.1, 0.15) is 0 Å². The third-order valence-corrected chi connectivity index (χ3v) is 2.60. The fourth-order valence-electron chi connectivity index (χ4n) is 2.07. The summed E-state index contributed by atoms with van der Waals surface area (Å²) < 4.78 is 5.86. The van der Waals surface area contributed by atoms with Crippen LogP contribution in [0.15, 0.2) is 0 Å². The summed E-state index contributed by atoms with van der Waals surface area (Å²) in [6.07, 6.45) is 1.54. The number of ether oxygens (including phenoxy) is 1. The van der Waals surface area contributed by atoms with E-state index in [1.807, 2.05) is 0 Å². The second-order valence-corrected chi connectivity index (χ2v) is 4.96. The Morgan fingerprint density at radius 1 is 1.07 bits per heavy atom. The average Bonchev–Trinajstić information content (AvgIpc) is 2.12. The van der Waals surface area contributed by atoms with Crippen LogP contribution in [-0.2, 0) is 4.74 Å². The molecule has 0 spiro atoms. The first kappa shape index (κ1) is 14.9. The Morgan fingerprint density at radius 2 is 1.67 bits per heavy atom.